The van der Waals surface area contributed by atoms with Crippen molar-refractivity contribution in [3.8, 4) is 5.95 Å². The van der Waals surface area contributed by atoms with Gasteiger partial charge < -0.3 is 9.52 Å². The number of hydrogen-bond acceptors (Lipinski definition) is 3. The monoisotopic (exact) mass is 375 g/mol. The molecule has 0 saturated heterocycles. The van der Waals surface area contributed by atoms with E-state index in [1.54, 1.807) is 6.07 Å². The second-order valence-corrected chi connectivity index (χ2v) is 9.49. The number of aromatic hydroxyl groups is 1. The van der Waals surface area contributed by atoms with E-state index in [0.717, 1.165) is 22.1 Å². The van der Waals surface area contributed by atoms with Crippen molar-refractivity contribution in [2.75, 3.05) is 0 Å². The standard InChI is InChI=1S/C24H25NO3/c1-23(2,3)13-11-16-18(19-14-9-7-8-10-15(14)21(26)25-19)22(27)28-20(16)17(12-13)24(4,5)6/h7-12,27H,1-6H3. The Balaban J connectivity index is 2.08. The molecule has 1 aromatic heterocycles. The van der Waals surface area contributed by atoms with Gasteiger partial charge in [0.25, 0.3) is 11.9 Å². The van der Waals surface area contributed by atoms with Gasteiger partial charge >= 0.3 is 0 Å². The van der Waals surface area contributed by atoms with Gasteiger partial charge in [0, 0.05) is 16.5 Å². The number of carbonyl (C=O) groups is 1. The highest BCUT2D eigenvalue weighted by Crippen LogP contribution is 2.42. The number of benzene rings is 2. The molecule has 28 heavy (non-hydrogen) atoms. The molecule has 3 aromatic rings. The zero-order chi connectivity index (χ0) is 20.4. The van der Waals surface area contributed by atoms with Crippen LogP contribution in [0.25, 0.3) is 11.0 Å². The van der Waals surface area contributed by atoms with Crippen LogP contribution in [0.3, 0.4) is 0 Å². The highest BCUT2D eigenvalue weighted by Gasteiger charge is 2.32. The first kappa shape index (κ1) is 18.5. The first-order valence-corrected chi connectivity index (χ1v) is 9.52. The van der Waals surface area contributed by atoms with E-state index in [4.69, 9.17) is 4.42 Å². The van der Waals surface area contributed by atoms with Gasteiger partial charge in [0.05, 0.1) is 16.8 Å². The van der Waals surface area contributed by atoms with Crippen LogP contribution in [-0.2, 0) is 10.8 Å². The number of aliphatic imine (C=N–C) groups is 1. The normalized spacial score (nSPS) is 14.5. The summed E-state index contributed by atoms with van der Waals surface area (Å²) in [6.45, 7) is 12.8. The second kappa shape index (κ2) is 5.81. The Labute approximate surface area is 164 Å². The Kier molecular flexibility index (Phi) is 3.83. The van der Waals surface area contributed by atoms with Crippen LogP contribution in [0.15, 0.2) is 45.8 Å². The van der Waals surface area contributed by atoms with Crippen LogP contribution in [-0.4, -0.2) is 16.7 Å². The third-order valence-corrected chi connectivity index (χ3v) is 5.31. The van der Waals surface area contributed by atoms with Crippen molar-refractivity contribution in [3.63, 3.8) is 0 Å². The maximum absolute atomic E-state index is 12.4. The molecule has 0 aliphatic carbocycles. The molecule has 0 spiro atoms. The third-order valence-electron chi connectivity index (χ3n) is 5.31. The molecule has 144 valence electrons. The first-order valence-electron chi connectivity index (χ1n) is 9.52. The van der Waals surface area contributed by atoms with E-state index in [-0.39, 0.29) is 22.7 Å². The number of rotatable bonds is 1. The summed E-state index contributed by atoms with van der Waals surface area (Å²) < 4.78 is 5.85. The topological polar surface area (TPSA) is 62.8 Å². The Morgan fingerprint density at radius 2 is 1.57 bits per heavy atom. The Morgan fingerprint density at radius 1 is 0.929 bits per heavy atom. The molecule has 1 N–H and O–H groups in total. The van der Waals surface area contributed by atoms with Crippen LogP contribution in [0.4, 0.5) is 0 Å². The number of nitrogens with zero attached hydrogens (tertiary/aromatic N) is 1. The Morgan fingerprint density at radius 3 is 2.18 bits per heavy atom. The van der Waals surface area contributed by atoms with Crippen LogP contribution >= 0.6 is 0 Å². The van der Waals surface area contributed by atoms with Crippen molar-refractivity contribution < 1.29 is 14.3 Å². The minimum atomic E-state index is -0.289. The molecule has 4 rings (SSSR count). The lowest BCUT2D eigenvalue weighted by Gasteiger charge is -2.25. The fraction of sp³-hybridized carbons (Fsp3) is 0.333. The molecule has 1 aliphatic heterocycles. The largest absolute Gasteiger partial charge is 0.480 e. The van der Waals surface area contributed by atoms with Crippen molar-refractivity contribution in [1.82, 2.24) is 0 Å². The lowest BCUT2D eigenvalue weighted by Crippen LogP contribution is -2.16. The van der Waals surface area contributed by atoms with Crippen LogP contribution in [0.1, 0.15) is 74.2 Å². The fourth-order valence-electron chi connectivity index (χ4n) is 3.70. The summed E-state index contributed by atoms with van der Waals surface area (Å²) in [7, 11) is 0. The van der Waals surface area contributed by atoms with E-state index in [2.05, 4.69) is 58.7 Å². The molecule has 0 fully saturated rings. The zero-order valence-electron chi connectivity index (χ0n) is 17.2. The maximum Gasteiger partial charge on any atom is 0.292 e. The van der Waals surface area contributed by atoms with Gasteiger partial charge in [0.2, 0.25) is 0 Å². The summed E-state index contributed by atoms with van der Waals surface area (Å²) in [5, 5.41) is 11.5. The summed E-state index contributed by atoms with van der Waals surface area (Å²) in [6, 6.07) is 11.5. The first-order chi connectivity index (χ1) is 13.0. The third kappa shape index (κ3) is 2.75. The van der Waals surface area contributed by atoms with Gasteiger partial charge in [-0.1, -0.05) is 65.8 Å². The van der Waals surface area contributed by atoms with Crippen molar-refractivity contribution in [2.45, 2.75) is 52.4 Å². The average Bonchev–Trinajstić information content (AvgIpc) is 3.08. The summed E-state index contributed by atoms with van der Waals surface area (Å²) in [5.74, 6) is -0.489. The van der Waals surface area contributed by atoms with Crippen LogP contribution in [0.5, 0.6) is 5.95 Å². The lowest BCUT2D eigenvalue weighted by molar-refractivity contribution is 0.101. The van der Waals surface area contributed by atoms with Gasteiger partial charge in [-0.2, -0.15) is 0 Å². The van der Waals surface area contributed by atoms with E-state index in [9.17, 15) is 9.90 Å². The predicted octanol–water partition coefficient (Wildman–Crippen LogP) is 5.72. The molecule has 1 amide bonds. The smallest absolute Gasteiger partial charge is 0.292 e. The average molecular weight is 375 g/mol. The number of hydrogen-bond donors (Lipinski definition) is 1. The predicted molar refractivity (Wildman–Crippen MR) is 112 cm³/mol. The van der Waals surface area contributed by atoms with Crippen molar-refractivity contribution in [1.29, 1.82) is 0 Å². The number of carbonyl (C=O) groups excluding carboxylic acids is 1. The molecule has 4 nitrogen and oxygen atoms in total. The molecule has 2 heterocycles. The van der Waals surface area contributed by atoms with Gasteiger partial charge in [0.15, 0.2) is 0 Å². The minimum Gasteiger partial charge on any atom is -0.480 e. The zero-order valence-corrected chi connectivity index (χ0v) is 17.2. The molecule has 0 atom stereocenters. The van der Waals surface area contributed by atoms with Crippen molar-refractivity contribution >= 4 is 22.6 Å². The molecule has 0 saturated carbocycles. The highest BCUT2D eigenvalue weighted by atomic mass is 16.5. The number of fused-ring (bicyclic) bond motifs is 2. The maximum atomic E-state index is 12.4. The van der Waals surface area contributed by atoms with E-state index < -0.39 is 0 Å². The van der Waals surface area contributed by atoms with Gasteiger partial charge in [0.1, 0.15) is 5.58 Å². The number of amides is 1. The van der Waals surface area contributed by atoms with Gasteiger partial charge in [-0.25, -0.2) is 4.99 Å². The second-order valence-electron chi connectivity index (χ2n) is 9.49. The Bertz CT molecular complexity index is 1150. The van der Waals surface area contributed by atoms with Crippen molar-refractivity contribution in [3.05, 3.63) is 64.2 Å². The molecule has 0 radical (unpaired) electrons. The van der Waals surface area contributed by atoms with Crippen LogP contribution < -0.4 is 0 Å². The van der Waals surface area contributed by atoms with E-state index in [1.165, 1.54) is 0 Å². The van der Waals surface area contributed by atoms with E-state index in [0.29, 0.717) is 22.4 Å². The van der Waals surface area contributed by atoms with Gasteiger partial charge in [-0.05, 0) is 28.5 Å². The lowest BCUT2D eigenvalue weighted by atomic mass is 9.79. The molecule has 0 unspecified atom stereocenters. The fourth-order valence-corrected chi connectivity index (χ4v) is 3.70. The summed E-state index contributed by atoms with van der Waals surface area (Å²) >= 11 is 0. The summed E-state index contributed by atoms with van der Waals surface area (Å²) in [6.07, 6.45) is 0. The summed E-state index contributed by atoms with van der Waals surface area (Å²) in [4.78, 5) is 16.6. The highest BCUT2D eigenvalue weighted by molar-refractivity contribution is 6.31. The molecular weight excluding hydrogens is 350 g/mol. The van der Waals surface area contributed by atoms with Gasteiger partial charge in [-0.15, -0.1) is 0 Å². The van der Waals surface area contributed by atoms with Crippen molar-refractivity contribution in [2.24, 2.45) is 4.99 Å². The van der Waals surface area contributed by atoms with E-state index >= 15 is 0 Å². The van der Waals surface area contributed by atoms with Gasteiger partial charge in [-0.3, -0.25) is 4.79 Å². The SMILES string of the molecule is CC(C)(C)c1cc(C(C)(C)C)c2oc(O)c(C3=NC(=O)c4ccccc43)c2c1. The molecular formula is C24H25NO3. The molecule has 4 heteroatoms. The summed E-state index contributed by atoms with van der Waals surface area (Å²) in [5.41, 5.74) is 4.80. The van der Waals surface area contributed by atoms with Crippen LogP contribution in [0, 0.1) is 0 Å². The minimum absolute atomic E-state index is 0.0798. The number of furan rings is 1. The van der Waals surface area contributed by atoms with Crippen LogP contribution in [0.2, 0.25) is 0 Å². The molecule has 2 aromatic carbocycles. The quantitative estimate of drug-likeness (QED) is 0.591. The van der Waals surface area contributed by atoms with E-state index in [1.807, 2.05) is 18.2 Å². The Hall–Kier alpha value is -2.88. The molecule has 0 bridgehead atoms. The molecule has 1 aliphatic rings.